The topological polar surface area (TPSA) is 78.9 Å². The van der Waals surface area contributed by atoms with Crippen molar-refractivity contribution in [1.29, 1.82) is 0 Å². The highest BCUT2D eigenvalue weighted by Crippen LogP contribution is 2.21. The molecular weight excluding hydrogens is 248 g/mol. The third-order valence-corrected chi connectivity index (χ3v) is 3.53. The number of aliphatic carboxylic acids is 1. The minimum Gasteiger partial charge on any atom is -0.480 e. The zero-order chi connectivity index (χ0) is 14.8. The smallest absolute Gasteiger partial charge is 0.326 e. The molecule has 1 aliphatic rings. The summed E-state index contributed by atoms with van der Waals surface area (Å²) < 4.78 is 5.42. The van der Waals surface area contributed by atoms with Crippen LogP contribution in [-0.4, -0.2) is 53.8 Å². The Bertz CT molecular complexity index is 351. The Morgan fingerprint density at radius 3 is 2.37 bits per heavy atom. The lowest BCUT2D eigenvalue weighted by Crippen LogP contribution is -2.55. The summed E-state index contributed by atoms with van der Waals surface area (Å²) in [4.78, 5) is 24.9. The highest BCUT2D eigenvalue weighted by molar-refractivity contribution is 5.83. The van der Waals surface area contributed by atoms with Crippen LogP contribution in [0.15, 0.2) is 0 Å². The van der Waals surface area contributed by atoms with E-state index in [1.54, 1.807) is 32.7 Å². The molecule has 3 atom stereocenters. The standard InChI is InChI=1S/C13H24N2O4/c1-8-9(6-7-19-8)15(5)12(18)14-10(11(16)17)13(2,3)4/h8-10H,6-7H2,1-5H3,(H,14,18)(H,16,17)/t8?,9?,10-/m1/s1. The maximum absolute atomic E-state index is 12.1. The third-order valence-electron chi connectivity index (χ3n) is 3.53. The molecule has 1 fully saturated rings. The van der Waals surface area contributed by atoms with E-state index in [2.05, 4.69) is 5.32 Å². The van der Waals surface area contributed by atoms with E-state index in [0.29, 0.717) is 6.61 Å². The molecule has 6 nitrogen and oxygen atoms in total. The van der Waals surface area contributed by atoms with Gasteiger partial charge in [0.15, 0.2) is 0 Å². The van der Waals surface area contributed by atoms with Gasteiger partial charge in [-0.3, -0.25) is 0 Å². The first kappa shape index (κ1) is 15.8. The number of rotatable bonds is 3. The van der Waals surface area contributed by atoms with Crippen molar-refractivity contribution in [2.75, 3.05) is 13.7 Å². The molecule has 110 valence electrons. The summed E-state index contributed by atoms with van der Waals surface area (Å²) in [6.07, 6.45) is 0.756. The van der Waals surface area contributed by atoms with Crippen molar-refractivity contribution in [1.82, 2.24) is 10.2 Å². The molecule has 19 heavy (non-hydrogen) atoms. The first-order valence-corrected chi connectivity index (χ1v) is 6.52. The van der Waals surface area contributed by atoms with Crippen molar-refractivity contribution < 1.29 is 19.4 Å². The molecule has 2 unspecified atom stereocenters. The molecule has 2 N–H and O–H groups in total. The van der Waals surface area contributed by atoms with Gasteiger partial charge < -0.3 is 20.1 Å². The van der Waals surface area contributed by atoms with Crippen molar-refractivity contribution in [3.8, 4) is 0 Å². The third kappa shape index (κ3) is 3.83. The fraction of sp³-hybridized carbons (Fsp3) is 0.846. The first-order chi connectivity index (χ1) is 8.64. The van der Waals surface area contributed by atoms with Crippen LogP contribution in [0.1, 0.15) is 34.1 Å². The lowest BCUT2D eigenvalue weighted by Gasteiger charge is -2.32. The van der Waals surface area contributed by atoms with E-state index in [1.165, 1.54) is 0 Å². The summed E-state index contributed by atoms with van der Waals surface area (Å²) in [6, 6.07) is -1.29. The van der Waals surface area contributed by atoms with Gasteiger partial charge in [-0.1, -0.05) is 20.8 Å². The molecule has 1 rings (SSSR count). The Hall–Kier alpha value is -1.30. The van der Waals surface area contributed by atoms with Gasteiger partial charge in [0.25, 0.3) is 0 Å². The van der Waals surface area contributed by atoms with E-state index in [1.807, 2.05) is 6.92 Å². The summed E-state index contributed by atoms with van der Waals surface area (Å²) >= 11 is 0. The Labute approximate surface area is 114 Å². The van der Waals surface area contributed by atoms with E-state index in [-0.39, 0.29) is 18.2 Å². The van der Waals surface area contributed by atoms with Crippen LogP contribution < -0.4 is 5.32 Å². The van der Waals surface area contributed by atoms with Gasteiger partial charge in [-0.2, -0.15) is 0 Å². The van der Waals surface area contributed by atoms with Crippen molar-refractivity contribution in [3.05, 3.63) is 0 Å². The summed E-state index contributed by atoms with van der Waals surface area (Å²) in [5.74, 6) is -1.02. The van der Waals surface area contributed by atoms with Gasteiger partial charge in [-0.25, -0.2) is 9.59 Å². The summed E-state index contributed by atoms with van der Waals surface area (Å²) in [6.45, 7) is 7.90. The monoisotopic (exact) mass is 272 g/mol. The minimum absolute atomic E-state index is 0.00517. The van der Waals surface area contributed by atoms with Gasteiger partial charge in [0.05, 0.1) is 12.1 Å². The summed E-state index contributed by atoms with van der Waals surface area (Å²) in [5.41, 5.74) is -0.542. The molecule has 0 aliphatic carbocycles. The number of urea groups is 1. The fourth-order valence-corrected chi connectivity index (χ4v) is 2.25. The molecule has 2 amide bonds. The van der Waals surface area contributed by atoms with Crippen molar-refractivity contribution >= 4 is 12.0 Å². The van der Waals surface area contributed by atoms with Gasteiger partial charge in [0, 0.05) is 13.7 Å². The first-order valence-electron chi connectivity index (χ1n) is 6.52. The number of carbonyl (C=O) groups excluding carboxylic acids is 1. The lowest BCUT2D eigenvalue weighted by atomic mass is 9.87. The molecule has 0 saturated carbocycles. The SMILES string of the molecule is CC1OCCC1N(C)C(=O)N[C@H](C(=O)O)C(C)(C)C. The molecule has 1 saturated heterocycles. The van der Waals surface area contributed by atoms with Crippen LogP contribution in [0, 0.1) is 5.41 Å². The Morgan fingerprint density at radius 1 is 1.42 bits per heavy atom. The second-order valence-corrected chi connectivity index (χ2v) is 6.13. The molecular formula is C13H24N2O4. The Morgan fingerprint density at radius 2 is 2.00 bits per heavy atom. The number of nitrogens with zero attached hydrogens (tertiary/aromatic N) is 1. The number of carboxylic acids is 1. The molecule has 6 heteroatoms. The van der Waals surface area contributed by atoms with Crippen LogP contribution in [0.3, 0.4) is 0 Å². The van der Waals surface area contributed by atoms with E-state index in [9.17, 15) is 14.7 Å². The van der Waals surface area contributed by atoms with Crippen LogP contribution in [-0.2, 0) is 9.53 Å². The largest absolute Gasteiger partial charge is 0.480 e. The predicted molar refractivity (Wildman–Crippen MR) is 71.0 cm³/mol. The molecule has 0 aromatic rings. The highest BCUT2D eigenvalue weighted by atomic mass is 16.5. The fourth-order valence-electron chi connectivity index (χ4n) is 2.25. The van der Waals surface area contributed by atoms with Crippen LogP contribution in [0.5, 0.6) is 0 Å². The number of likely N-dealkylation sites (N-methyl/N-ethyl adjacent to an activating group) is 1. The van der Waals surface area contributed by atoms with Crippen LogP contribution in [0.25, 0.3) is 0 Å². The second kappa shape index (κ2) is 5.77. The van der Waals surface area contributed by atoms with Crippen LogP contribution in [0.2, 0.25) is 0 Å². The number of amides is 2. The number of nitrogens with one attached hydrogen (secondary N) is 1. The van der Waals surface area contributed by atoms with Crippen LogP contribution in [0.4, 0.5) is 4.79 Å². The Balaban J connectivity index is 2.69. The highest BCUT2D eigenvalue weighted by Gasteiger charge is 2.36. The van der Waals surface area contributed by atoms with Crippen molar-refractivity contribution in [2.45, 2.75) is 52.3 Å². The number of carboxylic acid groups (broad SMARTS) is 1. The van der Waals surface area contributed by atoms with Crippen molar-refractivity contribution in [2.24, 2.45) is 5.41 Å². The molecule has 1 aliphatic heterocycles. The normalized spacial score (nSPS) is 24.9. The number of carbonyl (C=O) groups is 2. The number of ether oxygens (including phenoxy) is 1. The van der Waals surface area contributed by atoms with Gasteiger partial charge in [0.1, 0.15) is 6.04 Å². The average molecular weight is 272 g/mol. The maximum atomic E-state index is 12.1. The number of hydrogen-bond donors (Lipinski definition) is 2. The van der Waals surface area contributed by atoms with E-state index in [4.69, 9.17) is 4.74 Å². The van der Waals surface area contributed by atoms with E-state index < -0.39 is 17.4 Å². The zero-order valence-electron chi connectivity index (χ0n) is 12.3. The molecule has 0 bridgehead atoms. The molecule has 0 aromatic carbocycles. The van der Waals surface area contributed by atoms with Crippen molar-refractivity contribution in [3.63, 3.8) is 0 Å². The molecule has 1 heterocycles. The minimum atomic E-state index is -1.02. The van der Waals surface area contributed by atoms with E-state index >= 15 is 0 Å². The Kier molecular flexibility index (Phi) is 4.79. The quantitative estimate of drug-likeness (QED) is 0.811. The number of hydrogen-bond acceptors (Lipinski definition) is 3. The van der Waals surface area contributed by atoms with Gasteiger partial charge in [-0.05, 0) is 18.8 Å². The maximum Gasteiger partial charge on any atom is 0.326 e. The molecule has 0 radical (unpaired) electrons. The van der Waals surface area contributed by atoms with Crippen LogP contribution >= 0.6 is 0 Å². The molecule has 0 spiro atoms. The van der Waals surface area contributed by atoms with E-state index in [0.717, 1.165) is 6.42 Å². The van der Waals surface area contributed by atoms with Gasteiger partial charge >= 0.3 is 12.0 Å². The predicted octanol–water partition coefficient (Wildman–Crippen LogP) is 1.30. The average Bonchev–Trinajstić information content (AvgIpc) is 2.68. The lowest BCUT2D eigenvalue weighted by molar-refractivity contribution is -0.142. The van der Waals surface area contributed by atoms with Gasteiger partial charge in [0.2, 0.25) is 0 Å². The zero-order valence-corrected chi connectivity index (χ0v) is 12.3. The van der Waals surface area contributed by atoms with Gasteiger partial charge in [-0.15, -0.1) is 0 Å². The second-order valence-electron chi connectivity index (χ2n) is 6.13. The summed E-state index contributed by atoms with van der Waals surface area (Å²) in [5, 5.41) is 11.8. The summed E-state index contributed by atoms with van der Waals surface area (Å²) in [7, 11) is 1.67. The molecule has 0 aromatic heterocycles.